The van der Waals surface area contributed by atoms with E-state index in [1.165, 1.54) is 6.07 Å². The van der Waals surface area contributed by atoms with Gasteiger partial charge in [-0.3, -0.25) is 4.79 Å². The Morgan fingerprint density at radius 3 is 2.71 bits per heavy atom. The lowest BCUT2D eigenvalue weighted by atomic mass is 10.2. The summed E-state index contributed by atoms with van der Waals surface area (Å²) in [6, 6.07) is 1.29. The van der Waals surface area contributed by atoms with Gasteiger partial charge in [-0.2, -0.15) is 0 Å². The van der Waals surface area contributed by atoms with E-state index in [1.807, 2.05) is 22.6 Å². The van der Waals surface area contributed by atoms with Crippen LogP contribution < -0.4 is 0 Å². The van der Waals surface area contributed by atoms with Gasteiger partial charge in [0.25, 0.3) is 6.43 Å². The van der Waals surface area contributed by atoms with Crippen LogP contribution in [0.5, 0.6) is 0 Å². The third-order valence-electron chi connectivity index (χ3n) is 1.58. The van der Waals surface area contributed by atoms with Gasteiger partial charge >= 0.3 is 0 Å². The van der Waals surface area contributed by atoms with Gasteiger partial charge in [-0.15, -0.1) is 0 Å². The fraction of sp³-hybridized carbons (Fsp3) is 0.250. The molecule has 1 rings (SSSR count). The molecule has 0 saturated carbocycles. The highest BCUT2D eigenvalue weighted by Crippen LogP contribution is 2.25. The van der Waals surface area contributed by atoms with Crippen LogP contribution in [0, 0.1) is 3.57 Å². The number of aldehydes is 1. The highest BCUT2D eigenvalue weighted by molar-refractivity contribution is 14.1. The van der Waals surface area contributed by atoms with Crippen LogP contribution in [0.1, 0.15) is 28.2 Å². The van der Waals surface area contributed by atoms with Crippen molar-refractivity contribution < 1.29 is 13.6 Å². The zero-order valence-corrected chi connectivity index (χ0v) is 10.5. The van der Waals surface area contributed by atoms with Gasteiger partial charge in [0.2, 0.25) is 0 Å². The number of aromatic nitrogens is 1. The quantitative estimate of drug-likeness (QED) is 0.461. The first-order valence-corrected chi connectivity index (χ1v) is 5.78. The number of hydrogen-bond acceptors (Lipinski definition) is 2. The molecule has 0 radical (unpaired) electrons. The lowest BCUT2D eigenvalue weighted by molar-refractivity contribution is 0.110. The second-order valence-electron chi connectivity index (χ2n) is 2.44. The molecule has 1 heterocycles. The van der Waals surface area contributed by atoms with Crippen molar-refractivity contribution in [2.24, 2.45) is 0 Å². The van der Waals surface area contributed by atoms with E-state index in [0.29, 0.717) is 20.9 Å². The van der Waals surface area contributed by atoms with Crippen LogP contribution >= 0.6 is 38.5 Å². The van der Waals surface area contributed by atoms with Gasteiger partial charge in [-0.05, 0) is 28.7 Å². The number of rotatable bonds is 3. The van der Waals surface area contributed by atoms with E-state index < -0.39 is 6.43 Å². The number of halogens is 4. The monoisotopic (exact) mass is 375 g/mol. The fourth-order valence-electron chi connectivity index (χ4n) is 0.920. The Kier molecular flexibility index (Phi) is 4.36. The molecule has 2 nitrogen and oxygen atoms in total. The van der Waals surface area contributed by atoms with Gasteiger partial charge in [0.1, 0.15) is 5.69 Å². The molecule has 6 heteroatoms. The largest absolute Gasteiger partial charge is 0.296 e. The van der Waals surface area contributed by atoms with Crippen molar-refractivity contribution in [1.29, 1.82) is 0 Å². The number of alkyl halides is 3. The van der Waals surface area contributed by atoms with E-state index in [0.717, 1.165) is 0 Å². The maximum Gasteiger partial charge on any atom is 0.266 e. The van der Waals surface area contributed by atoms with Gasteiger partial charge < -0.3 is 0 Å². The highest BCUT2D eigenvalue weighted by atomic mass is 127. The topological polar surface area (TPSA) is 30.0 Å². The van der Waals surface area contributed by atoms with Crippen molar-refractivity contribution in [3.63, 3.8) is 0 Å². The minimum absolute atomic E-state index is 0.185. The number of carbonyl (C=O) groups excluding carboxylic acids is 1. The average Bonchev–Trinajstić information content (AvgIpc) is 2.17. The van der Waals surface area contributed by atoms with Crippen LogP contribution in [0.2, 0.25) is 0 Å². The third-order valence-corrected chi connectivity index (χ3v) is 3.05. The summed E-state index contributed by atoms with van der Waals surface area (Å²) in [5.74, 6) is 0. The molecule has 0 aromatic carbocycles. The minimum atomic E-state index is -2.67. The van der Waals surface area contributed by atoms with Crippen molar-refractivity contribution in [2.45, 2.75) is 11.8 Å². The summed E-state index contributed by atoms with van der Waals surface area (Å²) in [5.41, 5.74) is 0.0982. The van der Waals surface area contributed by atoms with Crippen molar-refractivity contribution in [3.05, 3.63) is 26.6 Å². The second kappa shape index (κ2) is 5.11. The normalized spacial score (nSPS) is 10.6. The number of nitrogens with zero attached hydrogens (tertiary/aromatic N) is 1. The predicted octanol–water partition coefficient (Wildman–Crippen LogP) is 3.33. The van der Waals surface area contributed by atoms with E-state index >= 15 is 0 Å². The molecule has 0 unspecified atom stereocenters. The van der Waals surface area contributed by atoms with Crippen LogP contribution in [-0.2, 0) is 5.33 Å². The highest BCUT2D eigenvalue weighted by Gasteiger charge is 2.16. The number of pyridine rings is 1. The average molecular weight is 376 g/mol. The van der Waals surface area contributed by atoms with E-state index in [2.05, 4.69) is 20.9 Å². The maximum absolute atomic E-state index is 12.4. The van der Waals surface area contributed by atoms with E-state index in [4.69, 9.17) is 0 Å². The van der Waals surface area contributed by atoms with Gasteiger partial charge in [0, 0.05) is 14.5 Å². The van der Waals surface area contributed by atoms with E-state index in [1.54, 1.807) is 0 Å². The molecule has 0 saturated heterocycles. The summed E-state index contributed by atoms with van der Waals surface area (Å²) in [5, 5.41) is 0.440. The Hall–Kier alpha value is -0.110. The summed E-state index contributed by atoms with van der Waals surface area (Å²) in [4.78, 5) is 14.3. The predicted molar refractivity (Wildman–Crippen MR) is 59.9 cm³/mol. The Labute approximate surface area is 101 Å². The van der Waals surface area contributed by atoms with Crippen molar-refractivity contribution >= 4 is 44.8 Å². The van der Waals surface area contributed by atoms with Crippen LogP contribution in [0.25, 0.3) is 0 Å². The molecule has 0 spiro atoms. The molecule has 14 heavy (non-hydrogen) atoms. The zero-order valence-electron chi connectivity index (χ0n) is 6.81. The molecule has 0 aliphatic heterocycles. The molecule has 1 aromatic heterocycles. The van der Waals surface area contributed by atoms with Crippen molar-refractivity contribution in [2.75, 3.05) is 0 Å². The Bertz CT molecular complexity index is 359. The lowest BCUT2D eigenvalue weighted by Crippen LogP contribution is -2.02. The maximum atomic E-state index is 12.4. The van der Waals surface area contributed by atoms with Gasteiger partial charge in [0.05, 0.1) is 5.69 Å². The minimum Gasteiger partial charge on any atom is -0.296 e. The summed E-state index contributed by atoms with van der Waals surface area (Å²) in [6.07, 6.45) is -2.32. The van der Waals surface area contributed by atoms with Crippen molar-refractivity contribution in [1.82, 2.24) is 4.98 Å². The van der Waals surface area contributed by atoms with Crippen LogP contribution in [0.15, 0.2) is 6.07 Å². The fourth-order valence-corrected chi connectivity index (χ4v) is 2.52. The van der Waals surface area contributed by atoms with Gasteiger partial charge in [-0.1, -0.05) is 15.9 Å². The zero-order chi connectivity index (χ0) is 10.7. The standard InChI is InChI=1S/C8H5BrF2INO/c9-2-6-5(12)1-4(8(10)11)7(3-14)13-6/h1,3,8H,2H2. The summed E-state index contributed by atoms with van der Waals surface area (Å²) >= 11 is 5.07. The molecular weight excluding hydrogens is 371 g/mol. The first kappa shape index (κ1) is 12.0. The smallest absolute Gasteiger partial charge is 0.266 e. The first-order chi connectivity index (χ1) is 6.60. The SMILES string of the molecule is O=Cc1nc(CBr)c(I)cc1C(F)F. The Morgan fingerprint density at radius 1 is 1.64 bits per heavy atom. The summed E-state index contributed by atoms with van der Waals surface area (Å²) in [6.45, 7) is 0. The second-order valence-corrected chi connectivity index (χ2v) is 4.17. The molecule has 0 bridgehead atoms. The van der Waals surface area contributed by atoms with Crippen LogP contribution in [0.3, 0.4) is 0 Å². The molecule has 0 fully saturated rings. The van der Waals surface area contributed by atoms with Crippen LogP contribution in [0.4, 0.5) is 8.78 Å². The van der Waals surface area contributed by atoms with Gasteiger partial charge in [-0.25, -0.2) is 13.8 Å². The summed E-state index contributed by atoms with van der Waals surface area (Å²) < 4.78 is 25.5. The Morgan fingerprint density at radius 2 is 2.29 bits per heavy atom. The van der Waals surface area contributed by atoms with Gasteiger partial charge in [0.15, 0.2) is 6.29 Å². The molecule has 0 atom stereocenters. The molecule has 1 aromatic rings. The molecule has 0 amide bonds. The van der Waals surface area contributed by atoms with E-state index in [-0.39, 0.29) is 11.3 Å². The summed E-state index contributed by atoms with van der Waals surface area (Å²) in [7, 11) is 0. The number of carbonyl (C=O) groups is 1. The lowest BCUT2D eigenvalue weighted by Gasteiger charge is -2.06. The third kappa shape index (κ3) is 2.47. The molecular formula is C8H5BrF2INO. The molecule has 0 N–H and O–H groups in total. The van der Waals surface area contributed by atoms with Crippen LogP contribution in [-0.4, -0.2) is 11.3 Å². The first-order valence-electron chi connectivity index (χ1n) is 3.58. The molecule has 0 aliphatic carbocycles. The van der Waals surface area contributed by atoms with E-state index in [9.17, 15) is 13.6 Å². The number of hydrogen-bond donors (Lipinski definition) is 0. The Balaban J connectivity index is 3.31. The van der Waals surface area contributed by atoms with Crippen molar-refractivity contribution in [3.8, 4) is 0 Å². The molecule has 76 valence electrons. The molecule has 0 aliphatic rings.